The number of anilines is 2. The van der Waals surface area contributed by atoms with E-state index >= 15 is 0 Å². The van der Waals surface area contributed by atoms with Crippen molar-refractivity contribution in [2.45, 2.75) is 18.0 Å². The van der Waals surface area contributed by atoms with E-state index in [4.69, 9.17) is 4.74 Å². The maximum atomic E-state index is 5.99. The molecular formula is C20H20N2OS. The molecule has 0 aliphatic carbocycles. The Bertz CT molecular complexity index is 815. The Balaban J connectivity index is 1.51. The molecule has 4 rings (SSSR count). The van der Waals surface area contributed by atoms with Gasteiger partial charge in [0.2, 0.25) is 0 Å². The van der Waals surface area contributed by atoms with Crippen LogP contribution in [0.15, 0.2) is 76.7 Å². The molecule has 3 nitrogen and oxygen atoms in total. The summed E-state index contributed by atoms with van der Waals surface area (Å²) >= 11 is 1.82. The van der Waals surface area contributed by atoms with E-state index in [2.05, 4.69) is 72.3 Å². The van der Waals surface area contributed by atoms with E-state index in [1.807, 2.05) is 30.0 Å². The summed E-state index contributed by atoms with van der Waals surface area (Å²) in [5.74, 6) is 0.945. The summed E-state index contributed by atoms with van der Waals surface area (Å²) in [5, 5.41) is 1.26. The monoisotopic (exact) mass is 336 g/mol. The highest BCUT2D eigenvalue weighted by Crippen LogP contribution is 2.45. The van der Waals surface area contributed by atoms with Crippen LogP contribution in [0.3, 0.4) is 0 Å². The fraction of sp³-hybridized carbons (Fsp3) is 0.200. The van der Waals surface area contributed by atoms with Gasteiger partial charge in [0.05, 0.1) is 16.4 Å². The number of hydrogen-bond donors (Lipinski definition) is 0. The molecule has 0 saturated heterocycles. The number of fused-ring (bicyclic) bond motifs is 2. The van der Waals surface area contributed by atoms with Gasteiger partial charge in [-0.1, -0.05) is 42.1 Å². The smallest absolute Gasteiger partial charge is 0.192 e. The van der Waals surface area contributed by atoms with Crippen molar-refractivity contribution in [3.63, 3.8) is 0 Å². The number of likely N-dealkylation sites (N-methyl/N-ethyl adjacent to an activating group) is 1. The molecule has 1 atom stereocenters. The van der Waals surface area contributed by atoms with Crippen LogP contribution in [0.25, 0.3) is 0 Å². The highest BCUT2D eigenvalue weighted by molar-refractivity contribution is 8.03. The van der Waals surface area contributed by atoms with Crippen molar-refractivity contribution in [3.8, 4) is 5.75 Å². The zero-order valence-corrected chi connectivity index (χ0v) is 14.7. The Hall–Kier alpha value is -2.33. The number of thioether (sulfide) groups is 1. The molecule has 122 valence electrons. The fourth-order valence-corrected chi connectivity index (χ4v) is 4.24. The summed E-state index contributed by atoms with van der Waals surface area (Å²) < 4.78 is 5.99. The molecule has 2 heterocycles. The highest BCUT2D eigenvalue weighted by Gasteiger charge is 2.25. The van der Waals surface area contributed by atoms with Gasteiger partial charge in [0.15, 0.2) is 6.23 Å². The minimum atomic E-state index is -0.0527. The first-order chi connectivity index (χ1) is 11.8. The lowest BCUT2D eigenvalue weighted by Gasteiger charge is -2.18. The number of benzene rings is 2. The van der Waals surface area contributed by atoms with E-state index in [-0.39, 0.29) is 6.23 Å². The Kier molecular flexibility index (Phi) is 3.98. The SMILES string of the molecule is CCN1/C(=C/C=C/C2Oc3ccccc3N2C)Sc2ccccc21. The molecule has 1 unspecified atom stereocenters. The van der Waals surface area contributed by atoms with Crippen LogP contribution in [0, 0.1) is 0 Å². The van der Waals surface area contributed by atoms with Gasteiger partial charge in [-0.3, -0.25) is 0 Å². The third-order valence-corrected chi connectivity index (χ3v) is 5.47. The van der Waals surface area contributed by atoms with Gasteiger partial charge < -0.3 is 14.5 Å². The van der Waals surface area contributed by atoms with Gasteiger partial charge >= 0.3 is 0 Å². The second kappa shape index (κ2) is 6.29. The zero-order chi connectivity index (χ0) is 16.5. The minimum Gasteiger partial charge on any atom is -0.465 e. The lowest BCUT2D eigenvalue weighted by Crippen LogP contribution is -2.28. The average molecular weight is 336 g/mol. The molecule has 0 aromatic heterocycles. The Labute approximate surface area is 147 Å². The molecule has 2 aromatic rings. The summed E-state index contributed by atoms with van der Waals surface area (Å²) in [6.07, 6.45) is 6.32. The zero-order valence-electron chi connectivity index (χ0n) is 13.8. The molecule has 2 aliphatic rings. The van der Waals surface area contributed by atoms with Crippen LogP contribution < -0.4 is 14.5 Å². The van der Waals surface area contributed by atoms with Crippen LogP contribution in [0.2, 0.25) is 0 Å². The van der Waals surface area contributed by atoms with Gasteiger partial charge in [-0.2, -0.15) is 0 Å². The maximum absolute atomic E-state index is 5.99. The molecular weight excluding hydrogens is 316 g/mol. The second-order valence-corrected chi connectivity index (χ2v) is 6.85. The number of hydrogen-bond acceptors (Lipinski definition) is 4. The maximum Gasteiger partial charge on any atom is 0.192 e. The quantitative estimate of drug-likeness (QED) is 0.794. The van der Waals surface area contributed by atoms with Gasteiger partial charge in [0, 0.05) is 18.5 Å². The predicted octanol–water partition coefficient (Wildman–Crippen LogP) is 4.87. The number of rotatable bonds is 3. The third-order valence-electron chi connectivity index (χ3n) is 4.34. The molecule has 4 heteroatoms. The molecule has 0 bridgehead atoms. The highest BCUT2D eigenvalue weighted by atomic mass is 32.2. The van der Waals surface area contributed by atoms with Gasteiger partial charge in [-0.25, -0.2) is 0 Å². The first-order valence-corrected chi connectivity index (χ1v) is 9.01. The molecule has 0 spiro atoms. The van der Waals surface area contributed by atoms with Crippen molar-refractivity contribution in [3.05, 3.63) is 71.8 Å². The Morgan fingerprint density at radius 1 is 1.08 bits per heavy atom. The Morgan fingerprint density at radius 2 is 1.83 bits per heavy atom. The Morgan fingerprint density at radius 3 is 2.62 bits per heavy atom. The summed E-state index contributed by atoms with van der Waals surface area (Å²) in [6, 6.07) is 16.7. The van der Waals surface area contributed by atoms with Crippen molar-refractivity contribution in [1.29, 1.82) is 0 Å². The molecule has 2 aromatic carbocycles. The van der Waals surface area contributed by atoms with Crippen LogP contribution in [-0.4, -0.2) is 19.8 Å². The predicted molar refractivity (Wildman–Crippen MR) is 102 cm³/mol. The summed E-state index contributed by atoms with van der Waals surface area (Å²) in [4.78, 5) is 5.82. The molecule has 0 amide bonds. The third kappa shape index (κ3) is 2.57. The topological polar surface area (TPSA) is 15.7 Å². The van der Waals surface area contributed by atoms with Gasteiger partial charge in [0.25, 0.3) is 0 Å². The molecule has 0 N–H and O–H groups in total. The van der Waals surface area contributed by atoms with Gasteiger partial charge in [-0.15, -0.1) is 0 Å². The van der Waals surface area contributed by atoms with E-state index in [1.165, 1.54) is 15.6 Å². The molecule has 0 radical (unpaired) electrons. The summed E-state index contributed by atoms with van der Waals surface area (Å²) in [6.45, 7) is 3.15. The second-order valence-electron chi connectivity index (χ2n) is 5.79. The van der Waals surface area contributed by atoms with Gasteiger partial charge in [-0.05, 0) is 43.3 Å². The number of nitrogens with zero attached hydrogens (tertiary/aromatic N) is 2. The van der Waals surface area contributed by atoms with Crippen LogP contribution in [0.4, 0.5) is 11.4 Å². The summed E-state index contributed by atoms with van der Waals surface area (Å²) in [7, 11) is 2.06. The van der Waals surface area contributed by atoms with Crippen LogP contribution >= 0.6 is 11.8 Å². The molecule has 24 heavy (non-hydrogen) atoms. The molecule has 0 saturated carbocycles. The lowest BCUT2D eigenvalue weighted by molar-refractivity contribution is 0.279. The van der Waals surface area contributed by atoms with Crippen molar-refractivity contribution >= 4 is 23.1 Å². The lowest BCUT2D eigenvalue weighted by atomic mass is 10.3. The van der Waals surface area contributed by atoms with Crippen LogP contribution in [-0.2, 0) is 0 Å². The number of allylic oxidation sites excluding steroid dienone is 2. The van der Waals surface area contributed by atoms with Crippen molar-refractivity contribution < 1.29 is 4.74 Å². The fourth-order valence-electron chi connectivity index (χ4n) is 3.10. The summed E-state index contributed by atoms with van der Waals surface area (Å²) in [5.41, 5.74) is 2.43. The van der Waals surface area contributed by atoms with Gasteiger partial charge in [0.1, 0.15) is 5.75 Å². The van der Waals surface area contributed by atoms with Crippen molar-refractivity contribution in [2.24, 2.45) is 0 Å². The normalized spacial score (nSPS) is 20.6. The van der Waals surface area contributed by atoms with Crippen molar-refractivity contribution in [2.75, 3.05) is 23.4 Å². The van der Waals surface area contributed by atoms with E-state index in [9.17, 15) is 0 Å². The van der Waals surface area contributed by atoms with E-state index < -0.39 is 0 Å². The van der Waals surface area contributed by atoms with Crippen molar-refractivity contribution in [1.82, 2.24) is 0 Å². The van der Waals surface area contributed by atoms with E-state index in [1.54, 1.807) is 0 Å². The first kappa shape index (κ1) is 15.2. The first-order valence-electron chi connectivity index (χ1n) is 8.19. The van der Waals surface area contributed by atoms with E-state index in [0.717, 1.165) is 18.0 Å². The standard InChI is InChI=1S/C20H20N2OS/c1-3-22-16-10-5-7-12-18(16)24-20(22)14-8-13-19-21(2)15-9-4-6-11-17(15)23-19/h4-14,19H,3H2,1-2H3/b13-8+,20-14-. The van der Waals surface area contributed by atoms with Crippen LogP contribution in [0.5, 0.6) is 5.75 Å². The largest absolute Gasteiger partial charge is 0.465 e. The molecule has 2 aliphatic heterocycles. The van der Waals surface area contributed by atoms with E-state index in [0.29, 0.717) is 0 Å². The average Bonchev–Trinajstić information content (AvgIpc) is 3.13. The minimum absolute atomic E-state index is 0.0527. The number of para-hydroxylation sites is 3. The van der Waals surface area contributed by atoms with Crippen LogP contribution in [0.1, 0.15) is 6.92 Å². The number of ether oxygens (including phenoxy) is 1. The molecule has 0 fully saturated rings.